The van der Waals surface area contributed by atoms with Crippen LogP contribution in [0.25, 0.3) is 0 Å². The number of carbonyl (C=O) groups is 2. The Bertz CT molecular complexity index is 609. The first kappa shape index (κ1) is 19.0. The van der Waals surface area contributed by atoms with Gasteiger partial charge in [0, 0.05) is 24.7 Å². The van der Waals surface area contributed by atoms with E-state index in [-0.39, 0.29) is 30.1 Å². The molecule has 1 saturated heterocycles. The lowest BCUT2D eigenvalue weighted by molar-refractivity contribution is 0.0874. The molecule has 0 bridgehead atoms. The summed E-state index contributed by atoms with van der Waals surface area (Å²) in [7, 11) is 0. The van der Waals surface area contributed by atoms with E-state index in [2.05, 4.69) is 32.7 Å². The highest BCUT2D eigenvalue weighted by Crippen LogP contribution is 2.22. The van der Waals surface area contributed by atoms with Gasteiger partial charge in [-0.3, -0.25) is 4.79 Å². The number of hydrogen-bond donors (Lipinski definition) is 1. The van der Waals surface area contributed by atoms with Crippen LogP contribution in [0.2, 0.25) is 0 Å². The summed E-state index contributed by atoms with van der Waals surface area (Å²) < 4.78 is 5.04. The first-order chi connectivity index (χ1) is 11.8. The second-order valence-corrected chi connectivity index (χ2v) is 7.43. The Balaban J connectivity index is 1.84. The van der Waals surface area contributed by atoms with E-state index in [0.29, 0.717) is 18.7 Å². The molecular formula is C20H28N2O3. The van der Waals surface area contributed by atoms with Crippen LogP contribution in [-0.2, 0) is 10.2 Å². The number of ether oxygens (including phenoxy) is 1. The molecule has 0 unspecified atom stereocenters. The third kappa shape index (κ3) is 5.34. The molecule has 136 valence electrons. The molecule has 0 spiro atoms. The van der Waals surface area contributed by atoms with Crippen LogP contribution in [0.4, 0.5) is 4.79 Å². The number of hydrogen-bond acceptors (Lipinski definition) is 3. The van der Waals surface area contributed by atoms with Crippen LogP contribution in [0.5, 0.6) is 0 Å². The summed E-state index contributed by atoms with van der Waals surface area (Å²) in [6.45, 7) is 11.4. The monoisotopic (exact) mass is 344 g/mol. The van der Waals surface area contributed by atoms with E-state index in [0.717, 1.165) is 12.8 Å². The molecule has 0 aromatic heterocycles. The van der Waals surface area contributed by atoms with Crippen molar-refractivity contribution in [1.29, 1.82) is 0 Å². The van der Waals surface area contributed by atoms with E-state index in [9.17, 15) is 9.59 Å². The molecule has 1 aliphatic rings. The Kier molecular flexibility index (Phi) is 6.23. The maximum atomic E-state index is 12.4. The number of carbonyl (C=O) groups excluding carboxylic acids is 2. The van der Waals surface area contributed by atoms with Crippen LogP contribution in [-0.4, -0.2) is 42.6 Å². The fraction of sp³-hybridized carbons (Fsp3) is 0.500. The maximum absolute atomic E-state index is 12.4. The molecule has 25 heavy (non-hydrogen) atoms. The maximum Gasteiger partial charge on any atom is 0.410 e. The first-order valence-corrected chi connectivity index (χ1v) is 8.75. The molecule has 0 saturated carbocycles. The lowest BCUT2D eigenvalue weighted by Gasteiger charge is -2.31. The SMILES string of the molecule is C=CCOC(=O)N1CCC(NC(=O)c2ccc(C(C)(C)C)cc2)CC1. The molecule has 0 atom stereocenters. The zero-order valence-corrected chi connectivity index (χ0v) is 15.4. The zero-order valence-electron chi connectivity index (χ0n) is 15.4. The summed E-state index contributed by atoms with van der Waals surface area (Å²) in [5.74, 6) is -0.0619. The van der Waals surface area contributed by atoms with E-state index in [1.807, 2.05) is 24.3 Å². The van der Waals surface area contributed by atoms with Crippen LogP contribution in [0, 0.1) is 0 Å². The number of rotatable bonds is 4. The standard InChI is InChI=1S/C20H28N2O3/c1-5-14-25-19(24)22-12-10-17(11-13-22)21-18(23)15-6-8-16(9-7-15)20(2,3)4/h5-9,17H,1,10-14H2,2-4H3,(H,21,23). The highest BCUT2D eigenvalue weighted by atomic mass is 16.6. The average molecular weight is 344 g/mol. The Morgan fingerprint density at radius 3 is 2.36 bits per heavy atom. The summed E-state index contributed by atoms with van der Waals surface area (Å²) in [5.41, 5.74) is 1.94. The van der Waals surface area contributed by atoms with Gasteiger partial charge in [-0.2, -0.15) is 0 Å². The number of piperidine rings is 1. The van der Waals surface area contributed by atoms with Gasteiger partial charge in [-0.05, 0) is 36.0 Å². The fourth-order valence-electron chi connectivity index (χ4n) is 2.82. The van der Waals surface area contributed by atoms with Gasteiger partial charge in [-0.25, -0.2) is 4.79 Å². The van der Waals surface area contributed by atoms with Gasteiger partial charge in [0.25, 0.3) is 5.91 Å². The summed E-state index contributed by atoms with van der Waals surface area (Å²) in [4.78, 5) is 25.9. The quantitative estimate of drug-likeness (QED) is 0.851. The van der Waals surface area contributed by atoms with Crippen molar-refractivity contribution < 1.29 is 14.3 Å². The molecule has 5 heteroatoms. The number of nitrogens with one attached hydrogen (secondary N) is 1. The van der Waals surface area contributed by atoms with Crippen LogP contribution in [0.1, 0.15) is 49.5 Å². The van der Waals surface area contributed by atoms with Crippen molar-refractivity contribution in [2.45, 2.75) is 45.1 Å². The smallest absolute Gasteiger partial charge is 0.410 e. The predicted molar refractivity (Wildman–Crippen MR) is 98.7 cm³/mol. The molecule has 1 fully saturated rings. The van der Waals surface area contributed by atoms with E-state index >= 15 is 0 Å². The number of benzene rings is 1. The van der Waals surface area contributed by atoms with Gasteiger partial charge in [0.1, 0.15) is 6.61 Å². The van der Waals surface area contributed by atoms with Crippen LogP contribution >= 0.6 is 0 Å². The normalized spacial score (nSPS) is 15.6. The molecule has 1 aromatic rings. The molecule has 0 radical (unpaired) electrons. The van der Waals surface area contributed by atoms with Crippen molar-refractivity contribution in [1.82, 2.24) is 10.2 Å². The number of nitrogens with zero attached hydrogens (tertiary/aromatic N) is 1. The van der Waals surface area contributed by atoms with Gasteiger partial charge < -0.3 is 15.0 Å². The summed E-state index contributed by atoms with van der Waals surface area (Å²) >= 11 is 0. The molecule has 2 rings (SSSR count). The van der Waals surface area contributed by atoms with Gasteiger partial charge in [-0.15, -0.1) is 0 Å². The minimum absolute atomic E-state index is 0.0619. The van der Waals surface area contributed by atoms with Gasteiger partial charge in [-0.1, -0.05) is 45.6 Å². The van der Waals surface area contributed by atoms with E-state index < -0.39 is 0 Å². The van der Waals surface area contributed by atoms with Crippen molar-refractivity contribution >= 4 is 12.0 Å². The molecule has 0 aliphatic carbocycles. The number of likely N-dealkylation sites (tertiary alicyclic amines) is 1. The molecule has 1 aliphatic heterocycles. The third-order valence-corrected chi connectivity index (χ3v) is 4.43. The lowest BCUT2D eigenvalue weighted by Crippen LogP contribution is -2.46. The summed E-state index contributed by atoms with van der Waals surface area (Å²) in [6.07, 6.45) is 2.70. The molecule has 1 aromatic carbocycles. The van der Waals surface area contributed by atoms with Crippen LogP contribution in [0.15, 0.2) is 36.9 Å². The van der Waals surface area contributed by atoms with Crippen molar-refractivity contribution in [2.75, 3.05) is 19.7 Å². The second kappa shape index (κ2) is 8.19. The van der Waals surface area contributed by atoms with Crippen molar-refractivity contribution in [3.05, 3.63) is 48.0 Å². The van der Waals surface area contributed by atoms with Gasteiger partial charge in [0.05, 0.1) is 0 Å². The van der Waals surface area contributed by atoms with E-state index in [4.69, 9.17) is 4.74 Å². The average Bonchev–Trinajstić information content (AvgIpc) is 2.59. The Morgan fingerprint density at radius 1 is 1.24 bits per heavy atom. The topological polar surface area (TPSA) is 58.6 Å². The molecule has 1 heterocycles. The zero-order chi connectivity index (χ0) is 18.4. The molecule has 5 nitrogen and oxygen atoms in total. The molecular weight excluding hydrogens is 316 g/mol. The Hall–Kier alpha value is -2.30. The van der Waals surface area contributed by atoms with Crippen molar-refractivity contribution in [3.8, 4) is 0 Å². The summed E-state index contributed by atoms with van der Waals surface area (Å²) in [5, 5.41) is 3.06. The van der Waals surface area contributed by atoms with Gasteiger partial charge >= 0.3 is 6.09 Å². The third-order valence-electron chi connectivity index (χ3n) is 4.43. The summed E-state index contributed by atoms with van der Waals surface area (Å²) in [6, 6.07) is 7.84. The predicted octanol–water partition coefficient (Wildman–Crippen LogP) is 3.50. The largest absolute Gasteiger partial charge is 0.445 e. The molecule has 2 amide bonds. The Labute approximate surface area is 150 Å². The number of amides is 2. The van der Waals surface area contributed by atoms with E-state index in [1.54, 1.807) is 11.0 Å². The minimum Gasteiger partial charge on any atom is -0.445 e. The second-order valence-electron chi connectivity index (χ2n) is 7.43. The lowest BCUT2D eigenvalue weighted by atomic mass is 9.86. The van der Waals surface area contributed by atoms with E-state index in [1.165, 1.54) is 5.56 Å². The van der Waals surface area contributed by atoms with Crippen LogP contribution < -0.4 is 5.32 Å². The van der Waals surface area contributed by atoms with Crippen molar-refractivity contribution in [2.24, 2.45) is 0 Å². The highest BCUT2D eigenvalue weighted by molar-refractivity contribution is 5.94. The van der Waals surface area contributed by atoms with Gasteiger partial charge in [0.2, 0.25) is 0 Å². The van der Waals surface area contributed by atoms with Gasteiger partial charge in [0.15, 0.2) is 0 Å². The Morgan fingerprint density at radius 2 is 1.84 bits per heavy atom. The first-order valence-electron chi connectivity index (χ1n) is 8.75. The fourth-order valence-corrected chi connectivity index (χ4v) is 2.82. The van der Waals surface area contributed by atoms with Crippen LogP contribution in [0.3, 0.4) is 0 Å². The highest BCUT2D eigenvalue weighted by Gasteiger charge is 2.25. The molecule has 1 N–H and O–H groups in total. The van der Waals surface area contributed by atoms with Crippen molar-refractivity contribution in [3.63, 3.8) is 0 Å². The minimum atomic E-state index is -0.317.